The van der Waals surface area contributed by atoms with Gasteiger partial charge in [-0.2, -0.15) is 4.31 Å². The molecule has 3 rings (SSSR count). The van der Waals surface area contributed by atoms with Crippen molar-refractivity contribution >= 4 is 38.2 Å². The zero-order chi connectivity index (χ0) is 20.3. The SMILES string of the molecule is CCOc1ccc(NC(=O)Nc2nc3c(s2)CN(S(=O)(=O)C(C)C)CC3)cc1. The molecule has 2 aromatic rings. The normalized spacial score (nSPS) is 14.6. The average molecular weight is 425 g/mol. The Labute approximate surface area is 169 Å². The zero-order valence-electron chi connectivity index (χ0n) is 16.1. The smallest absolute Gasteiger partial charge is 0.325 e. The first-order valence-corrected chi connectivity index (χ1v) is 11.4. The van der Waals surface area contributed by atoms with Crippen molar-refractivity contribution < 1.29 is 17.9 Å². The molecule has 10 heteroatoms. The van der Waals surface area contributed by atoms with E-state index >= 15 is 0 Å². The van der Waals surface area contributed by atoms with Gasteiger partial charge in [0.15, 0.2) is 5.13 Å². The lowest BCUT2D eigenvalue weighted by Gasteiger charge is -2.26. The topological polar surface area (TPSA) is 101 Å². The van der Waals surface area contributed by atoms with E-state index in [0.29, 0.717) is 36.9 Å². The number of ether oxygens (including phenoxy) is 1. The second-order valence-electron chi connectivity index (χ2n) is 6.60. The van der Waals surface area contributed by atoms with Gasteiger partial charge in [0, 0.05) is 30.1 Å². The van der Waals surface area contributed by atoms with E-state index in [4.69, 9.17) is 4.74 Å². The third-order valence-corrected chi connectivity index (χ3v) is 7.52. The van der Waals surface area contributed by atoms with Crippen LogP contribution in [0.3, 0.4) is 0 Å². The minimum Gasteiger partial charge on any atom is -0.494 e. The van der Waals surface area contributed by atoms with Crippen molar-refractivity contribution in [2.45, 2.75) is 39.0 Å². The van der Waals surface area contributed by atoms with Gasteiger partial charge in [-0.1, -0.05) is 11.3 Å². The molecule has 2 amide bonds. The number of rotatable bonds is 6. The molecule has 2 heterocycles. The minimum absolute atomic E-state index is 0.301. The van der Waals surface area contributed by atoms with E-state index in [1.54, 1.807) is 38.1 Å². The molecule has 0 radical (unpaired) electrons. The number of benzene rings is 1. The van der Waals surface area contributed by atoms with Crippen molar-refractivity contribution in [1.29, 1.82) is 0 Å². The van der Waals surface area contributed by atoms with Crippen molar-refractivity contribution in [1.82, 2.24) is 9.29 Å². The van der Waals surface area contributed by atoms with Crippen molar-refractivity contribution in [3.63, 3.8) is 0 Å². The number of carbonyl (C=O) groups is 1. The number of sulfonamides is 1. The Morgan fingerprint density at radius 1 is 1.29 bits per heavy atom. The maximum Gasteiger partial charge on any atom is 0.325 e. The van der Waals surface area contributed by atoms with Crippen LogP contribution in [0, 0.1) is 0 Å². The van der Waals surface area contributed by atoms with Crippen LogP contribution in [0.5, 0.6) is 5.75 Å². The van der Waals surface area contributed by atoms with E-state index in [2.05, 4.69) is 15.6 Å². The van der Waals surface area contributed by atoms with E-state index in [-0.39, 0.29) is 0 Å². The summed E-state index contributed by atoms with van der Waals surface area (Å²) < 4.78 is 31.6. The van der Waals surface area contributed by atoms with Gasteiger partial charge >= 0.3 is 6.03 Å². The number of urea groups is 1. The summed E-state index contributed by atoms with van der Waals surface area (Å²) in [7, 11) is -3.30. The van der Waals surface area contributed by atoms with Gasteiger partial charge in [0.05, 0.1) is 17.6 Å². The van der Waals surface area contributed by atoms with Crippen LogP contribution in [0.15, 0.2) is 24.3 Å². The molecule has 0 bridgehead atoms. The van der Waals surface area contributed by atoms with Crippen LogP contribution < -0.4 is 15.4 Å². The molecule has 152 valence electrons. The molecule has 0 atom stereocenters. The van der Waals surface area contributed by atoms with Crippen molar-refractivity contribution in [3.8, 4) is 5.75 Å². The summed E-state index contributed by atoms with van der Waals surface area (Å²) >= 11 is 1.31. The molecular weight excluding hydrogens is 400 g/mol. The molecule has 1 aliphatic rings. The molecule has 0 unspecified atom stereocenters. The van der Waals surface area contributed by atoms with Gasteiger partial charge < -0.3 is 10.1 Å². The monoisotopic (exact) mass is 424 g/mol. The lowest BCUT2D eigenvalue weighted by molar-refractivity contribution is 0.262. The summed E-state index contributed by atoms with van der Waals surface area (Å²) in [5.41, 5.74) is 1.48. The fourth-order valence-corrected chi connectivity index (χ4v) is 5.15. The highest BCUT2D eigenvalue weighted by atomic mass is 32.2. The van der Waals surface area contributed by atoms with Crippen LogP contribution in [-0.2, 0) is 23.0 Å². The average Bonchev–Trinajstić information content (AvgIpc) is 3.04. The molecule has 0 spiro atoms. The lowest BCUT2D eigenvalue weighted by Crippen LogP contribution is -2.39. The Balaban J connectivity index is 1.62. The Morgan fingerprint density at radius 3 is 2.64 bits per heavy atom. The summed E-state index contributed by atoms with van der Waals surface area (Å²) in [6, 6.07) is 6.68. The Bertz CT molecular complexity index is 939. The third-order valence-electron chi connectivity index (χ3n) is 4.30. The highest BCUT2D eigenvalue weighted by molar-refractivity contribution is 7.89. The van der Waals surface area contributed by atoms with Crippen molar-refractivity contribution in [3.05, 3.63) is 34.8 Å². The molecular formula is C18H24N4O4S2. The van der Waals surface area contributed by atoms with Gasteiger partial charge in [0.25, 0.3) is 0 Å². The molecule has 1 aromatic heterocycles. The first-order chi connectivity index (χ1) is 13.3. The fraction of sp³-hybridized carbons (Fsp3) is 0.444. The van der Waals surface area contributed by atoms with Crippen LogP contribution in [-0.4, -0.2) is 42.1 Å². The summed E-state index contributed by atoms with van der Waals surface area (Å²) in [5, 5.41) is 5.46. The number of aromatic nitrogens is 1. The highest BCUT2D eigenvalue weighted by Gasteiger charge is 2.31. The number of nitrogens with one attached hydrogen (secondary N) is 2. The largest absolute Gasteiger partial charge is 0.494 e. The fourth-order valence-electron chi connectivity index (χ4n) is 2.80. The molecule has 0 fully saturated rings. The summed E-state index contributed by atoms with van der Waals surface area (Å²) in [6.45, 7) is 6.55. The summed E-state index contributed by atoms with van der Waals surface area (Å²) in [5.74, 6) is 0.738. The predicted octanol–water partition coefficient (Wildman–Crippen LogP) is 3.28. The number of thiazole rings is 1. The van der Waals surface area contributed by atoms with Crippen molar-refractivity contribution in [2.75, 3.05) is 23.8 Å². The predicted molar refractivity (Wildman–Crippen MR) is 111 cm³/mol. The highest BCUT2D eigenvalue weighted by Crippen LogP contribution is 2.30. The summed E-state index contributed by atoms with van der Waals surface area (Å²) in [6.07, 6.45) is 0.542. The Kier molecular flexibility index (Phi) is 6.21. The van der Waals surface area contributed by atoms with Crippen LogP contribution >= 0.6 is 11.3 Å². The number of anilines is 2. The Morgan fingerprint density at radius 2 is 2.00 bits per heavy atom. The zero-order valence-corrected chi connectivity index (χ0v) is 17.7. The molecule has 0 saturated carbocycles. The quantitative estimate of drug-likeness (QED) is 0.741. The summed E-state index contributed by atoms with van der Waals surface area (Å²) in [4.78, 5) is 17.5. The van der Waals surface area contributed by atoms with Gasteiger partial charge in [-0.25, -0.2) is 18.2 Å². The van der Waals surface area contributed by atoms with E-state index in [0.717, 1.165) is 16.3 Å². The molecule has 0 aliphatic carbocycles. The minimum atomic E-state index is -3.30. The molecule has 28 heavy (non-hydrogen) atoms. The van der Waals surface area contributed by atoms with Gasteiger partial charge in [-0.05, 0) is 45.0 Å². The molecule has 8 nitrogen and oxygen atoms in total. The Hall–Kier alpha value is -2.17. The first kappa shape index (κ1) is 20.6. The van der Waals surface area contributed by atoms with Crippen molar-refractivity contribution in [2.24, 2.45) is 0 Å². The van der Waals surface area contributed by atoms with Gasteiger partial charge in [-0.3, -0.25) is 5.32 Å². The van der Waals surface area contributed by atoms with Crippen LogP contribution in [0.4, 0.5) is 15.6 Å². The molecule has 1 aliphatic heterocycles. The number of carbonyl (C=O) groups excluding carboxylic acids is 1. The number of nitrogens with zero attached hydrogens (tertiary/aromatic N) is 2. The second kappa shape index (κ2) is 8.46. The van der Waals surface area contributed by atoms with Gasteiger partial charge in [-0.15, -0.1) is 0 Å². The molecule has 1 aromatic carbocycles. The van der Waals surface area contributed by atoms with Gasteiger partial charge in [0.2, 0.25) is 10.0 Å². The van der Waals surface area contributed by atoms with Crippen LogP contribution in [0.1, 0.15) is 31.3 Å². The number of hydrogen-bond acceptors (Lipinski definition) is 6. The number of amides is 2. The molecule has 0 saturated heterocycles. The standard InChI is InChI=1S/C18H24N4O4S2/c1-4-26-14-7-5-13(6-8-14)19-17(23)21-18-20-15-9-10-22(11-16(15)27-18)28(24,25)12(2)3/h5-8,12H,4,9-11H2,1-3H3,(H2,19,20,21,23). The van der Waals surface area contributed by atoms with Gasteiger partial charge in [0.1, 0.15) is 5.75 Å². The maximum absolute atomic E-state index is 12.4. The van der Waals surface area contributed by atoms with Crippen LogP contribution in [0.2, 0.25) is 0 Å². The first-order valence-electron chi connectivity index (χ1n) is 9.08. The maximum atomic E-state index is 12.4. The van der Waals surface area contributed by atoms with E-state index < -0.39 is 21.3 Å². The number of hydrogen-bond donors (Lipinski definition) is 2. The number of fused-ring (bicyclic) bond motifs is 1. The van der Waals surface area contributed by atoms with Crippen LogP contribution in [0.25, 0.3) is 0 Å². The lowest BCUT2D eigenvalue weighted by atomic mass is 10.2. The third kappa shape index (κ3) is 4.62. The van der Waals surface area contributed by atoms with E-state index in [9.17, 15) is 13.2 Å². The van der Waals surface area contributed by atoms with E-state index in [1.807, 2.05) is 6.92 Å². The van der Waals surface area contributed by atoms with E-state index in [1.165, 1.54) is 15.6 Å². The molecule has 2 N–H and O–H groups in total. The second-order valence-corrected chi connectivity index (χ2v) is 10.2.